The van der Waals surface area contributed by atoms with Crippen LogP contribution >= 0.6 is 11.6 Å². The molecule has 1 aromatic heterocycles. The molecule has 0 spiro atoms. The van der Waals surface area contributed by atoms with Gasteiger partial charge in [-0.15, -0.1) is 0 Å². The van der Waals surface area contributed by atoms with Gasteiger partial charge >= 0.3 is 0 Å². The van der Waals surface area contributed by atoms with Crippen LogP contribution in [0.4, 0.5) is 11.5 Å². The van der Waals surface area contributed by atoms with Gasteiger partial charge in [0.25, 0.3) is 5.69 Å². The van der Waals surface area contributed by atoms with E-state index in [0.717, 1.165) is 25.9 Å². The maximum atomic E-state index is 10.8. The highest BCUT2D eigenvalue weighted by Crippen LogP contribution is 2.27. The molecule has 1 atom stereocenters. The second-order valence-corrected chi connectivity index (χ2v) is 5.01. The highest BCUT2D eigenvalue weighted by atomic mass is 35.5. The Morgan fingerprint density at radius 2 is 2.39 bits per heavy atom. The first-order chi connectivity index (χ1) is 8.60. The smallest absolute Gasteiger partial charge is 0.276 e. The van der Waals surface area contributed by atoms with Crippen molar-refractivity contribution in [2.24, 2.45) is 5.92 Å². The van der Waals surface area contributed by atoms with Crippen molar-refractivity contribution >= 4 is 23.1 Å². The summed E-state index contributed by atoms with van der Waals surface area (Å²) >= 11 is 5.84. The van der Waals surface area contributed by atoms with Crippen molar-refractivity contribution in [2.45, 2.75) is 26.2 Å². The molecule has 0 bridgehead atoms. The maximum absolute atomic E-state index is 10.8. The topological polar surface area (TPSA) is 59.3 Å². The van der Waals surface area contributed by atoms with Gasteiger partial charge in [-0.05, 0) is 18.8 Å². The average molecular weight is 270 g/mol. The number of nitrogens with zero attached hydrogens (tertiary/aromatic N) is 3. The molecule has 5 nitrogen and oxygen atoms in total. The lowest BCUT2D eigenvalue weighted by molar-refractivity contribution is -0.384. The van der Waals surface area contributed by atoms with Crippen molar-refractivity contribution in [3.8, 4) is 0 Å². The maximum Gasteiger partial charge on any atom is 0.276 e. The largest absolute Gasteiger partial charge is 0.356 e. The molecule has 1 saturated heterocycles. The van der Waals surface area contributed by atoms with Crippen LogP contribution < -0.4 is 4.90 Å². The fourth-order valence-corrected chi connectivity index (χ4v) is 2.54. The van der Waals surface area contributed by atoms with E-state index < -0.39 is 4.92 Å². The SMILES string of the molecule is CCC1CCCN(c2cc([N+](=O)[O-])cc(Cl)n2)C1. The molecule has 2 rings (SSSR count). The molecule has 1 unspecified atom stereocenters. The minimum absolute atomic E-state index is 0.00335. The summed E-state index contributed by atoms with van der Waals surface area (Å²) in [7, 11) is 0. The number of hydrogen-bond donors (Lipinski definition) is 0. The molecule has 0 amide bonds. The molecule has 1 aliphatic rings. The summed E-state index contributed by atoms with van der Waals surface area (Å²) in [4.78, 5) is 16.7. The van der Waals surface area contributed by atoms with E-state index in [1.807, 2.05) is 0 Å². The summed E-state index contributed by atoms with van der Waals surface area (Å²) in [5, 5.41) is 11.0. The number of anilines is 1. The van der Waals surface area contributed by atoms with Gasteiger partial charge in [0.15, 0.2) is 0 Å². The predicted octanol–water partition coefficient (Wildman–Crippen LogP) is 3.27. The number of hydrogen-bond acceptors (Lipinski definition) is 4. The highest BCUT2D eigenvalue weighted by molar-refractivity contribution is 6.29. The van der Waals surface area contributed by atoms with Crippen molar-refractivity contribution in [2.75, 3.05) is 18.0 Å². The van der Waals surface area contributed by atoms with E-state index in [1.54, 1.807) is 0 Å². The molecular weight excluding hydrogens is 254 g/mol. The molecule has 0 aromatic carbocycles. The molecule has 2 heterocycles. The lowest BCUT2D eigenvalue weighted by atomic mass is 9.96. The van der Waals surface area contributed by atoms with Gasteiger partial charge in [-0.1, -0.05) is 24.9 Å². The van der Waals surface area contributed by atoms with Crippen molar-refractivity contribution in [3.05, 3.63) is 27.4 Å². The monoisotopic (exact) mass is 269 g/mol. The first-order valence-electron chi connectivity index (χ1n) is 6.17. The number of halogens is 1. The van der Waals surface area contributed by atoms with Crippen LogP contribution in [0.25, 0.3) is 0 Å². The van der Waals surface area contributed by atoms with E-state index in [9.17, 15) is 10.1 Å². The zero-order chi connectivity index (χ0) is 13.1. The molecule has 1 fully saturated rings. The highest BCUT2D eigenvalue weighted by Gasteiger charge is 2.21. The van der Waals surface area contributed by atoms with E-state index in [1.165, 1.54) is 18.6 Å². The second-order valence-electron chi connectivity index (χ2n) is 4.63. The Balaban J connectivity index is 2.24. The van der Waals surface area contributed by atoms with Crippen LogP contribution in [0.3, 0.4) is 0 Å². The van der Waals surface area contributed by atoms with Crippen LogP contribution in [0.5, 0.6) is 0 Å². The third kappa shape index (κ3) is 2.90. The Morgan fingerprint density at radius 3 is 3.06 bits per heavy atom. The molecule has 0 radical (unpaired) electrons. The zero-order valence-electron chi connectivity index (χ0n) is 10.3. The average Bonchev–Trinajstić information content (AvgIpc) is 2.38. The van der Waals surface area contributed by atoms with Gasteiger partial charge in [0.05, 0.1) is 17.1 Å². The van der Waals surface area contributed by atoms with Crippen LogP contribution in [-0.2, 0) is 0 Å². The van der Waals surface area contributed by atoms with Crippen LogP contribution in [-0.4, -0.2) is 23.0 Å². The van der Waals surface area contributed by atoms with Crippen LogP contribution in [0, 0.1) is 16.0 Å². The lowest BCUT2D eigenvalue weighted by Crippen LogP contribution is -2.35. The summed E-state index contributed by atoms with van der Waals surface area (Å²) in [5.41, 5.74) is 0.00335. The minimum Gasteiger partial charge on any atom is -0.356 e. The van der Waals surface area contributed by atoms with Crippen molar-refractivity contribution in [1.82, 2.24) is 4.98 Å². The van der Waals surface area contributed by atoms with Gasteiger partial charge in [0.2, 0.25) is 0 Å². The summed E-state index contributed by atoms with van der Waals surface area (Å²) in [6.07, 6.45) is 3.44. The standard InChI is InChI=1S/C12H16ClN3O2/c1-2-9-4-3-5-15(8-9)12-7-10(16(17)18)6-11(13)14-12/h6-7,9H,2-5,8H2,1H3. The van der Waals surface area contributed by atoms with Gasteiger partial charge in [-0.25, -0.2) is 4.98 Å². The Hall–Kier alpha value is -1.36. The summed E-state index contributed by atoms with van der Waals surface area (Å²) in [5.74, 6) is 1.26. The third-order valence-electron chi connectivity index (χ3n) is 3.40. The van der Waals surface area contributed by atoms with E-state index in [0.29, 0.717) is 11.7 Å². The number of aromatic nitrogens is 1. The van der Waals surface area contributed by atoms with E-state index in [4.69, 9.17) is 11.6 Å². The van der Waals surface area contributed by atoms with Crippen LogP contribution in [0.1, 0.15) is 26.2 Å². The van der Waals surface area contributed by atoms with E-state index >= 15 is 0 Å². The second kappa shape index (κ2) is 5.52. The number of piperidine rings is 1. The summed E-state index contributed by atoms with van der Waals surface area (Å²) < 4.78 is 0. The van der Waals surface area contributed by atoms with Gasteiger partial charge in [-0.2, -0.15) is 0 Å². The van der Waals surface area contributed by atoms with Crippen molar-refractivity contribution in [3.63, 3.8) is 0 Å². The predicted molar refractivity (Wildman–Crippen MR) is 71.1 cm³/mol. The van der Waals surface area contributed by atoms with Gasteiger partial charge in [-0.3, -0.25) is 10.1 Å². The fraction of sp³-hybridized carbons (Fsp3) is 0.583. The number of nitro groups is 1. The summed E-state index contributed by atoms with van der Waals surface area (Å²) in [6, 6.07) is 2.79. The third-order valence-corrected chi connectivity index (χ3v) is 3.59. The van der Waals surface area contributed by atoms with Crippen LogP contribution in [0.15, 0.2) is 12.1 Å². The Labute approximate surface area is 111 Å². The van der Waals surface area contributed by atoms with Gasteiger partial charge < -0.3 is 4.90 Å². The molecule has 0 saturated carbocycles. The molecule has 18 heavy (non-hydrogen) atoms. The zero-order valence-corrected chi connectivity index (χ0v) is 11.1. The van der Waals surface area contributed by atoms with E-state index in [2.05, 4.69) is 16.8 Å². The first kappa shape index (κ1) is 13.1. The van der Waals surface area contributed by atoms with Crippen LogP contribution in [0.2, 0.25) is 5.15 Å². The molecular formula is C12H16ClN3O2. The molecule has 98 valence electrons. The fourth-order valence-electron chi connectivity index (χ4n) is 2.34. The normalized spacial score (nSPS) is 19.9. The lowest BCUT2D eigenvalue weighted by Gasteiger charge is -2.33. The molecule has 6 heteroatoms. The van der Waals surface area contributed by atoms with Crippen molar-refractivity contribution in [1.29, 1.82) is 0 Å². The Morgan fingerprint density at radius 1 is 1.61 bits per heavy atom. The summed E-state index contributed by atoms with van der Waals surface area (Å²) in [6.45, 7) is 3.96. The quantitative estimate of drug-likeness (QED) is 0.480. The first-order valence-corrected chi connectivity index (χ1v) is 6.55. The van der Waals surface area contributed by atoms with Gasteiger partial charge in [0.1, 0.15) is 11.0 Å². The molecule has 0 N–H and O–H groups in total. The van der Waals surface area contributed by atoms with Crippen molar-refractivity contribution < 1.29 is 4.92 Å². The Kier molecular flexibility index (Phi) is 4.01. The molecule has 0 aliphatic carbocycles. The minimum atomic E-state index is -0.432. The Bertz CT molecular complexity index is 453. The number of rotatable bonds is 3. The molecule has 1 aliphatic heterocycles. The van der Waals surface area contributed by atoms with Gasteiger partial charge in [0, 0.05) is 13.1 Å². The van der Waals surface area contributed by atoms with E-state index in [-0.39, 0.29) is 10.8 Å². The number of pyridine rings is 1. The molecule has 1 aromatic rings.